The van der Waals surface area contributed by atoms with Crippen LogP contribution in [0.3, 0.4) is 0 Å². The summed E-state index contributed by atoms with van der Waals surface area (Å²) in [5, 5.41) is 8.92. The molecule has 5 nitrogen and oxygen atoms in total. The highest BCUT2D eigenvalue weighted by Gasteiger charge is 2.25. The minimum Gasteiger partial charge on any atom is -0.456 e. The Bertz CT molecular complexity index is 3640. The van der Waals surface area contributed by atoms with E-state index in [0.29, 0.717) is 5.69 Å². The van der Waals surface area contributed by atoms with E-state index in [-0.39, 0.29) is 0 Å². The fourth-order valence-corrected chi connectivity index (χ4v) is 9.17. The first-order valence-electron chi connectivity index (χ1n) is 18.5. The zero-order chi connectivity index (χ0) is 36.4. The number of aromatic nitrogens is 2. The van der Waals surface area contributed by atoms with Gasteiger partial charge in [-0.15, -0.1) is 0 Å². The molecule has 12 aromatic rings. The number of furan rings is 2. The summed E-state index contributed by atoms with van der Waals surface area (Å²) >= 11 is 0. The minimum atomic E-state index is 0.578. The van der Waals surface area contributed by atoms with Crippen LogP contribution in [0.2, 0.25) is 0 Å². The molecule has 0 fully saturated rings. The highest BCUT2D eigenvalue weighted by atomic mass is 16.3. The summed E-state index contributed by atoms with van der Waals surface area (Å²) in [5.41, 5.74) is 13.3. The van der Waals surface area contributed by atoms with Crippen molar-refractivity contribution in [2.24, 2.45) is 0 Å². The van der Waals surface area contributed by atoms with Crippen LogP contribution in [0.25, 0.3) is 115 Å². The summed E-state index contributed by atoms with van der Waals surface area (Å²) in [7, 11) is 0. The summed E-state index contributed by atoms with van der Waals surface area (Å²) < 4.78 is 17.6. The van der Waals surface area contributed by atoms with Crippen LogP contribution >= 0.6 is 0 Å². The van der Waals surface area contributed by atoms with E-state index in [9.17, 15) is 0 Å². The number of benzene rings is 8. The summed E-state index contributed by atoms with van der Waals surface area (Å²) in [4.78, 5) is 4.20. The fourth-order valence-electron chi connectivity index (χ4n) is 9.17. The van der Waals surface area contributed by atoms with Gasteiger partial charge < -0.3 is 18.0 Å². The molecular formula is C50H29N3O2. The van der Waals surface area contributed by atoms with Crippen LogP contribution in [-0.2, 0) is 0 Å². The van der Waals surface area contributed by atoms with Crippen molar-refractivity contribution in [2.75, 3.05) is 0 Å². The maximum Gasteiger partial charge on any atom is 0.211 e. The molecule has 0 saturated heterocycles. The summed E-state index contributed by atoms with van der Waals surface area (Å²) in [6, 6.07) is 55.0. The van der Waals surface area contributed by atoms with E-state index in [1.807, 2.05) is 36.4 Å². The van der Waals surface area contributed by atoms with Crippen LogP contribution in [0.4, 0.5) is 5.69 Å². The van der Waals surface area contributed by atoms with E-state index in [2.05, 4.69) is 142 Å². The van der Waals surface area contributed by atoms with Gasteiger partial charge in [0.15, 0.2) is 0 Å². The SMILES string of the molecule is [C-]#[N+]c1cccc(-c2ccccc2-n2c3ccccc3c3ccc4oc5ccccc5c4c32)c1-n1c2ccc(C)cc2c2c3c(ccc21)oc1ccccc13. The average molecular weight is 704 g/mol. The molecule has 4 heterocycles. The van der Waals surface area contributed by atoms with E-state index >= 15 is 0 Å². The Morgan fingerprint density at radius 3 is 1.91 bits per heavy atom. The molecule has 256 valence electrons. The molecule has 12 rings (SSSR count). The molecule has 0 bridgehead atoms. The molecule has 0 spiro atoms. The molecule has 55 heavy (non-hydrogen) atoms. The van der Waals surface area contributed by atoms with Crippen molar-refractivity contribution in [3.8, 4) is 22.5 Å². The van der Waals surface area contributed by atoms with Gasteiger partial charge in [0.1, 0.15) is 22.3 Å². The topological polar surface area (TPSA) is 40.5 Å². The second-order valence-electron chi connectivity index (χ2n) is 14.4. The normalized spacial score (nSPS) is 12.1. The third-order valence-electron chi connectivity index (χ3n) is 11.4. The molecule has 8 aromatic carbocycles. The van der Waals surface area contributed by atoms with Crippen molar-refractivity contribution in [2.45, 2.75) is 6.92 Å². The Kier molecular flexibility index (Phi) is 5.99. The molecule has 0 radical (unpaired) electrons. The summed E-state index contributed by atoms with van der Waals surface area (Å²) in [6.45, 7) is 10.7. The lowest BCUT2D eigenvalue weighted by Gasteiger charge is -2.20. The van der Waals surface area contributed by atoms with E-state index in [4.69, 9.17) is 15.4 Å². The molecule has 4 aromatic heterocycles. The van der Waals surface area contributed by atoms with Crippen molar-refractivity contribution >= 4 is 93.2 Å². The van der Waals surface area contributed by atoms with E-state index in [0.717, 1.165) is 105 Å². The van der Waals surface area contributed by atoms with Crippen molar-refractivity contribution in [1.82, 2.24) is 9.13 Å². The third kappa shape index (κ3) is 4.00. The first-order chi connectivity index (χ1) is 27.2. The zero-order valence-electron chi connectivity index (χ0n) is 29.7. The Morgan fingerprint density at radius 2 is 1.09 bits per heavy atom. The van der Waals surface area contributed by atoms with Gasteiger partial charge in [-0.25, -0.2) is 4.85 Å². The number of para-hydroxylation sites is 5. The van der Waals surface area contributed by atoms with Gasteiger partial charge in [0.25, 0.3) is 0 Å². The molecule has 5 heteroatoms. The predicted molar refractivity (Wildman–Crippen MR) is 226 cm³/mol. The van der Waals surface area contributed by atoms with Gasteiger partial charge in [-0.3, -0.25) is 0 Å². The second-order valence-corrected chi connectivity index (χ2v) is 14.4. The fraction of sp³-hybridized carbons (Fsp3) is 0.0200. The van der Waals surface area contributed by atoms with Gasteiger partial charge >= 0.3 is 0 Å². The number of rotatable bonds is 3. The first-order valence-corrected chi connectivity index (χ1v) is 18.5. The summed E-state index contributed by atoms with van der Waals surface area (Å²) in [6.07, 6.45) is 0. The molecule has 0 amide bonds. The Balaban J connectivity index is 1.23. The Morgan fingerprint density at radius 1 is 0.455 bits per heavy atom. The van der Waals surface area contributed by atoms with E-state index < -0.39 is 0 Å². The Hall–Kier alpha value is -7.55. The average Bonchev–Trinajstić information content (AvgIpc) is 3.97. The monoisotopic (exact) mass is 703 g/mol. The van der Waals surface area contributed by atoms with Gasteiger partial charge in [-0.2, -0.15) is 0 Å². The van der Waals surface area contributed by atoms with Gasteiger partial charge in [0.2, 0.25) is 5.69 Å². The highest BCUT2D eigenvalue weighted by Crippen LogP contribution is 2.47. The molecular weight excluding hydrogens is 675 g/mol. The van der Waals surface area contributed by atoms with Crippen molar-refractivity contribution < 1.29 is 8.83 Å². The number of nitrogens with zero attached hydrogens (tertiary/aromatic N) is 3. The Labute approximate surface area is 314 Å². The number of aryl methyl sites for hydroxylation is 1. The molecule has 0 atom stereocenters. The second kappa shape index (κ2) is 11.0. The third-order valence-corrected chi connectivity index (χ3v) is 11.4. The number of fused-ring (bicyclic) bond motifs is 14. The largest absolute Gasteiger partial charge is 0.456 e. The van der Waals surface area contributed by atoms with Gasteiger partial charge in [-0.05, 0) is 73.2 Å². The van der Waals surface area contributed by atoms with Gasteiger partial charge in [0, 0.05) is 43.3 Å². The molecule has 0 unspecified atom stereocenters. The minimum absolute atomic E-state index is 0.578. The maximum absolute atomic E-state index is 8.55. The molecule has 0 aliphatic rings. The predicted octanol–water partition coefficient (Wildman–Crippen LogP) is 14.2. The van der Waals surface area contributed by atoms with Gasteiger partial charge in [-0.1, -0.05) is 103 Å². The number of hydrogen-bond donors (Lipinski definition) is 0. The van der Waals surface area contributed by atoms with E-state index in [1.54, 1.807) is 0 Å². The molecule has 0 saturated carbocycles. The zero-order valence-corrected chi connectivity index (χ0v) is 29.7. The van der Waals surface area contributed by atoms with E-state index in [1.165, 1.54) is 10.9 Å². The van der Waals surface area contributed by atoms with Crippen molar-refractivity contribution in [1.29, 1.82) is 0 Å². The maximum atomic E-state index is 8.55. The lowest BCUT2D eigenvalue weighted by Crippen LogP contribution is -2.02. The van der Waals surface area contributed by atoms with Crippen molar-refractivity contribution in [3.05, 3.63) is 175 Å². The smallest absolute Gasteiger partial charge is 0.211 e. The lowest BCUT2D eigenvalue weighted by atomic mass is 9.99. The van der Waals surface area contributed by atoms with Crippen LogP contribution < -0.4 is 0 Å². The standard InChI is InChI=1S/C50H29N3O2/c1-29-22-24-40-36(28-29)46-41(25-27-44-47(46)34-14-5-9-20-42(34)54-44)53(40)49-32(16-11-17-37(49)51-2)30-12-3-7-18-38(30)52-39-19-8-4-13-31(39)33-23-26-45-48(50(33)52)35-15-6-10-21-43(35)55-45/h3-28H,1H3. The van der Waals surface area contributed by atoms with Crippen LogP contribution in [0.1, 0.15) is 5.56 Å². The highest BCUT2D eigenvalue weighted by molar-refractivity contribution is 6.28. The molecule has 0 N–H and O–H groups in total. The molecule has 0 aliphatic carbocycles. The van der Waals surface area contributed by atoms with Crippen molar-refractivity contribution in [3.63, 3.8) is 0 Å². The van der Waals surface area contributed by atoms with Crippen LogP contribution in [-0.4, -0.2) is 9.13 Å². The molecule has 0 aliphatic heterocycles. The lowest BCUT2D eigenvalue weighted by molar-refractivity contribution is 0.669. The van der Waals surface area contributed by atoms with Crippen LogP contribution in [0.15, 0.2) is 167 Å². The van der Waals surface area contributed by atoms with Gasteiger partial charge in [0.05, 0.1) is 45.4 Å². The quantitative estimate of drug-likeness (QED) is 0.172. The summed E-state index contributed by atoms with van der Waals surface area (Å²) in [5.74, 6) is 0. The van der Waals surface area contributed by atoms with Crippen LogP contribution in [0, 0.1) is 13.5 Å². The first kappa shape index (κ1) is 30.0. The number of hydrogen-bond acceptors (Lipinski definition) is 2. The van der Waals surface area contributed by atoms with Crippen LogP contribution in [0.5, 0.6) is 0 Å².